The van der Waals surface area contributed by atoms with Crippen LogP contribution >= 0.6 is 23.2 Å². The van der Waals surface area contributed by atoms with E-state index in [1.165, 1.54) is 0 Å². The molecule has 1 fully saturated rings. The van der Waals surface area contributed by atoms with Gasteiger partial charge in [-0.15, -0.1) is 0 Å². The summed E-state index contributed by atoms with van der Waals surface area (Å²) in [7, 11) is 0. The summed E-state index contributed by atoms with van der Waals surface area (Å²) >= 11 is 11.9. The molecule has 0 bridgehead atoms. The topological polar surface area (TPSA) is 55.1 Å². The molecule has 0 radical (unpaired) electrons. The van der Waals surface area contributed by atoms with Gasteiger partial charge in [0.2, 0.25) is 5.91 Å². The van der Waals surface area contributed by atoms with Crippen LogP contribution in [0.15, 0.2) is 18.2 Å². The van der Waals surface area contributed by atoms with E-state index < -0.39 is 0 Å². The molecular weight excluding hydrogens is 283 g/mol. The largest absolute Gasteiger partial charge is 0.355 e. The quantitative estimate of drug-likeness (QED) is 0.898. The Balaban J connectivity index is 1.81. The highest BCUT2D eigenvalue weighted by molar-refractivity contribution is 6.35. The van der Waals surface area contributed by atoms with Gasteiger partial charge in [0.25, 0.3) is 0 Å². The van der Waals surface area contributed by atoms with Crippen LogP contribution in [0, 0.1) is 5.92 Å². The lowest BCUT2D eigenvalue weighted by molar-refractivity contribution is -0.125. The fourth-order valence-corrected chi connectivity index (χ4v) is 2.99. The molecule has 3 N–H and O–H groups in total. The Hall–Kier alpha value is -0.770. The monoisotopic (exact) mass is 300 g/mol. The highest BCUT2D eigenvalue weighted by Crippen LogP contribution is 2.24. The molecule has 2 unspecified atom stereocenters. The Kier molecular flexibility index (Phi) is 5.08. The molecule has 1 aromatic carbocycles. The minimum atomic E-state index is -0.0271. The zero-order chi connectivity index (χ0) is 13.8. The highest BCUT2D eigenvalue weighted by Gasteiger charge is 2.29. The van der Waals surface area contributed by atoms with E-state index in [1.807, 2.05) is 6.07 Å². The van der Waals surface area contributed by atoms with E-state index in [1.54, 1.807) is 12.1 Å². The standard InChI is InChI=1S/C14H18Cl2N2O/c15-10-5-4-9(12(16)8-10)6-7-18-14(19)11-2-1-3-13(11)17/h4-5,8,11,13H,1-3,6-7,17H2,(H,18,19). The van der Waals surface area contributed by atoms with Crippen LogP contribution in [-0.2, 0) is 11.2 Å². The SMILES string of the molecule is NC1CCCC1C(=O)NCCc1ccc(Cl)cc1Cl. The van der Waals surface area contributed by atoms with E-state index in [4.69, 9.17) is 28.9 Å². The molecule has 0 spiro atoms. The molecule has 1 aromatic rings. The van der Waals surface area contributed by atoms with Crippen LogP contribution in [0.2, 0.25) is 10.0 Å². The van der Waals surface area contributed by atoms with Crippen molar-refractivity contribution in [3.8, 4) is 0 Å². The summed E-state index contributed by atoms with van der Waals surface area (Å²) in [6.07, 6.45) is 3.59. The minimum absolute atomic E-state index is 0.0131. The van der Waals surface area contributed by atoms with Crippen LogP contribution < -0.4 is 11.1 Å². The number of hydrogen-bond donors (Lipinski definition) is 2. The van der Waals surface area contributed by atoms with Gasteiger partial charge in [-0.05, 0) is 37.0 Å². The van der Waals surface area contributed by atoms with E-state index in [2.05, 4.69) is 5.32 Å². The van der Waals surface area contributed by atoms with Crippen LogP contribution in [-0.4, -0.2) is 18.5 Å². The average Bonchev–Trinajstić information content (AvgIpc) is 2.78. The fourth-order valence-electron chi connectivity index (χ4n) is 2.49. The van der Waals surface area contributed by atoms with Gasteiger partial charge in [0.05, 0.1) is 5.92 Å². The molecule has 0 saturated heterocycles. The maximum absolute atomic E-state index is 11.9. The molecule has 1 saturated carbocycles. The van der Waals surface area contributed by atoms with Gasteiger partial charge in [-0.3, -0.25) is 4.79 Å². The zero-order valence-electron chi connectivity index (χ0n) is 10.7. The maximum atomic E-state index is 11.9. The van der Waals surface area contributed by atoms with Crippen LogP contribution in [0.25, 0.3) is 0 Å². The van der Waals surface area contributed by atoms with Crippen molar-refractivity contribution in [2.24, 2.45) is 11.7 Å². The number of benzene rings is 1. The Labute approximate surface area is 123 Å². The zero-order valence-corrected chi connectivity index (χ0v) is 12.2. The summed E-state index contributed by atoms with van der Waals surface area (Å²) in [5.41, 5.74) is 6.89. The summed E-state index contributed by atoms with van der Waals surface area (Å²) in [4.78, 5) is 11.9. The van der Waals surface area contributed by atoms with E-state index in [9.17, 15) is 4.79 Å². The molecule has 1 aliphatic rings. The number of rotatable bonds is 4. The Morgan fingerprint density at radius 1 is 1.37 bits per heavy atom. The molecule has 19 heavy (non-hydrogen) atoms. The summed E-state index contributed by atoms with van der Waals surface area (Å²) in [5.74, 6) is 0.0378. The van der Waals surface area contributed by atoms with Crippen LogP contribution in [0.3, 0.4) is 0 Å². The van der Waals surface area contributed by atoms with E-state index in [-0.39, 0.29) is 17.9 Å². The third-order valence-electron chi connectivity index (χ3n) is 3.61. The summed E-state index contributed by atoms with van der Waals surface area (Å²) in [6, 6.07) is 5.42. The van der Waals surface area contributed by atoms with Gasteiger partial charge >= 0.3 is 0 Å². The average molecular weight is 301 g/mol. The first-order chi connectivity index (χ1) is 9.08. The molecule has 2 rings (SSSR count). The van der Waals surface area contributed by atoms with Gasteiger partial charge in [-0.25, -0.2) is 0 Å². The number of nitrogens with one attached hydrogen (secondary N) is 1. The van der Waals surface area contributed by atoms with E-state index >= 15 is 0 Å². The summed E-state index contributed by atoms with van der Waals surface area (Å²) in [5, 5.41) is 4.19. The Morgan fingerprint density at radius 2 is 2.16 bits per heavy atom. The third kappa shape index (κ3) is 3.85. The van der Waals surface area contributed by atoms with Gasteiger partial charge in [0, 0.05) is 22.6 Å². The van der Waals surface area contributed by atoms with Crippen molar-refractivity contribution in [2.45, 2.75) is 31.7 Å². The lowest BCUT2D eigenvalue weighted by atomic mass is 10.0. The van der Waals surface area contributed by atoms with Gasteiger partial charge in [-0.2, -0.15) is 0 Å². The van der Waals surface area contributed by atoms with Crippen molar-refractivity contribution in [2.75, 3.05) is 6.54 Å². The normalized spacial score (nSPS) is 22.5. The first kappa shape index (κ1) is 14.6. The van der Waals surface area contributed by atoms with Crippen molar-refractivity contribution < 1.29 is 4.79 Å². The first-order valence-electron chi connectivity index (χ1n) is 6.55. The van der Waals surface area contributed by atoms with Gasteiger partial charge in [0.15, 0.2) is 0 Å². The van der Waals surface area contributed by atoms with Crippen molar-refractivity contribution in [1.82, 2.24) is 5.32 Å². The number of halogens is 2. The molecule has 1 aliphatic carbocycles. The lowest BCUT2D eigenvalue weighted by Crippen LogP contribution is -2.39. The van der Waals surface area contributed by atoms with Crippen molar-refractivity contribution in [3.63, 3.8) is 0 Å². The fraction of sp³-hybridized carbons (Fsp3) is 0.500. The minimum Gasteiger partial charge on any atom is -0.355 e. The Bertz CT molecular complexity index is 465. The highest BCUT2D eigenvalue weighted by atomic mass is 35.5. The molecule has 0 heterocycles. The maximum Gasteiger partial charge on any atom is 0.224 e. The van der Waals surface area contributed by atoms with Crippen LogP contribution in [0.5, 0.6) is 0 Å². The predicted octanol–water partition coefficient (Wildman–Crippen LogP) is 2.78. The number of hydrogen-bond acceptors (Lipinski definition) is 2. The van der Waals surface area contributed by atoms with Gasteiger partial charge in [-0.1, -0.05) is 35.7 Å². The van der Waals surface area contributed by atoms with Gasteiger partial charge < -0.3 is 11.1 Å². The first-order valence-corrected chi connectivity index (χ1v) is 7.30. The molecule has 0 aromatic heterocycles. The smallest absolute Gasteiger partial charge is 0.224 e. The summed E-state index contributed by atoms with van der Waals surface area (Å²) in [6.45, 7) is 0.573. The second kappa shape index (κ2) is 6.60. The van der Waals surface area contributed by atoms with Crippen molar-refractivity contribution in [3.05, 3.63) is 33.8 Å². The van der Waals surface area contributed by atoms with Crippen molar-refractivity contribution >= 4 is 29.1 Å². The van der Waals surface area contributed by atoms with Gasteiger partial charge in [0.1, 0.15) is 0 Å². The molecular formula is C14H18Cl2N2O. The molecule has 2 atom stereocenters. The Morgan fingerprint density at radius 3 is 2.79 bits per heavy atom. The van der Waals surface area contributed by atoms with Crippen LogP contribution in [0.1, 0.15) is 24.8 Å². The number of carbonyl (C=O) groups excluding carboxylic acids is 1. The van der Waals surface area contributed by atoms with Crippen molar-refractivity contribution in [1.29, 1.82) is 0 Å². The van der Waals surface area contributed by atoms with Crippen LogP contribution in [0.4, 0.5) is 0 Å². The molecule has 3 nitrogen and oxygen atoms in total. The van der Waals surface area contributed by atoms with E-state index in [0.29, 0.717) is 23.0 Å². The van der Waals surface area contributed by atoms with E-state index in [0.717, 1.165) is 24.8 Å². The molecule has 0 aliphatic heterocycles. The summed E-state index contributed by atoms with van der Waals surface area (Å²) < 4.78 is 0. The number of nitrogens with two attached hydrogens (primary N) is 1. The second-order valence-electron chi connectivity index (χ2n) is 4.98. The third-order valence-corrected chi connectivity index (χ3v) is 4.20. The number of amides is 1. The number of carbonyl (C=O) groups is 1. The molecule has 5 heteroatoms. The molecule has 104 valence electrons. The molecule has 1 amide bonds. The second-order valence-corrected chi connectivity index (χ2v) is 5.82. The lowest BCUT2D eigenvalue weighted by Gasteiger charge is -2.15. The predicted molar refractivity (Wildman–Crippen MR) is 78.5 cm³/mol.